The van der Waals surface area contributed by atoms with Crippen molar-refractivity contribution in [2.75, 3.05) is 13.1 Å². The van der Waals surface area contributed by atoms with Crippen molar-refractivity contribution in [2.45, 2.75) is 19.4 Å². The number of amides is 2. The smallest absolute Gasteiger partial charge is 0.269 e. The number of aromatic nitrogens is 3. The minimum Gasteiger partial charge on any atom is -0.350 e. The van der Waals surface area contributed by atoms with E-state index in [0.717, 1.165) is 5.56 Å². The Bertz CT molecular complexity index is 728. The number of aryl methyl sites for hydroxylation is 1. The maximum atomic E-state index is 12.3. The molecule has 126 valence electrons. The lowest BCUT2D eigenvalue weighted by molar-refractivity contribution is -0.128. The number of rotatable bonds is 5. The molecule has 2 atom stereocenters. The molecule has 1 N–H and O–H groups in total. The molecule has 1 aliphatic rings. The Morgan fingerprint density at radius 2 is 2.21 bits per heavy atom. The normalized spacial score (nSPS) is 20.4. The zero-order valence-electron chi connectivity index (χ0n) is 13.8. The highest BCUT2D eigenvalue weighted by atomic mass is 16.2. The molecule has 7 nitrogen and oxygen atoms in total. The first-order chi connectivity index (χ1) is 11.6. The summed E-state index contributed by atoms with van der Waals surface area (Å²) in [4.78, 5) is 30.6. The van der Waals surface area contributed by atoms with Crippen molar-refractivity contribution >= 4 is 11.8 Å². The van der Waals surface area contributed by atoms with Crippen LogP contribution in [0.25, 0.3) is 0 Å². The molecule has 7 heteroatoms. The number of likely N-dealkylation sites (tertiary alicyclic amines) is 1. The molecule has 0 radical (unpaired) electrons. The highest BCUT2D eigenvalue weighted by Gasteiger charge is 2.39. The fourth-order valence-electron chi connectivity index (χ4n) is 3.33. The van der Waals surface area contributed by atoms with Gasteiger partial charge in [0.05, 0.1) is 6.04 Å². The van der Waals surface area contributed by atoms with Crippen LogP contribution in [-0.4, -0.2) is 44.6 Å². The average Bonchev–Trinajstić information content (AvgIpc) is 3.16. The van der Waals surface area contributed by atoms with Gasteiger partial charge in [0.2, 0.25) is 5.91 Å². The van der Waals surface area contributed by atoms with E-state index in [1.54, 1.807) is 31.7 Å². The van der Waals surface area contributed by atoms with Crippen LogP contribution >= 0.6 is 0 Å². The minimum absolute atomic E-state index is 0.0267. The molecule has 0 aliphatic carbocycles. The summed E-state index contributed by atoms with van der Waals surface area (Å²) in [7, 11) is 1.73. The monoisotopic (exact) mass is 327 g/mol. The maximum absolute atomic E-state index is 12.3. The Labute approximate surface area is 140 Å². The molecular formula is C17H21N5O2. The summed E-state index contributed by atoms with van der Waals surface area (Å²) < 4.78 is 1.53. The van der Waals surface area contributed by atoms with Crippen LogP contribution in [0, 0.1) is 5.92 Å². The number of hydrogen-bond acceptors (Lipinski definition) is 4. The molecule has 0 saturated carbocycles. The van der Waals surface area contributed by atoms with Gasteiger partial charge in [-0.1, -0.05) is 6.07 Å². The number of nitrogens with one attached hydrogen (secondary N) is 1. The molecule has 0 aromatic carbocycles. The minimum atomic E-state index is -0.178. The first-order valence-electron chi connectivity index (χ1n) is 8.07. The van der Waals surface area contributed by atoms with E-state index < -0.39 is 0 Å². The van der Waals surface area contributed by atoms with E-state index in [0.29, 0.717) is 25.2 Å². The van der Waals surface area contributed by atoms with Crippen LogP contribution in [-0.2, 0) is 11.8 Å². The second kappa shape index (κ2) is 6.82. The Balaban J connectivity index is 1.75. The first kappa shape index (κ1) is 16.2. The fourth-order valence-corrected chi connectivity index (χ4v) is 3.33. The first-order valence-corrected chi connectivity index (χ1v) is 8.07. The molecule has 3 rings (SSSR count). The molecule has 0 bridgehead atoms. The summed E-state index contributed by atoms with van der Waals surface area (Å²) in [5.74, 6) is -0.0349. The van der Waals surface area contributed by atoms with Gasteiger partial charge in [-0.2, -0.15) is 5.10 Å². The lowest BCUT2D eigenvalue weighted by Crippen LogP contribution is -2.34. The van der Waals surface area contributed by atoms with Crippen LogP contribution in [0.2, 0.25) is 0 Å². The Morgan fingerprint density at radius 1 is 1.38 bits per heavy atom. The SMILES string of the molecule is CCN1C(=O)C[C@@H](CNC(=O)c2ccnn2C)[C@@H]1c1cccnc1. The van der Waals surface area contributed by atoms with Crippen LogP contribution in [0.4, 0.5) is 0 Å². The van der Waals surface area contributed by atoms with Crippen molar-refractivity contribution in [2.24, 2.45) is 13.0 Å². The molecule has 1 aliphatic heterocycles. The predicted octanol–water partition coefficient (Wildman–Crippen LogP) is 1.15. The van der Waals surface area contributed by atoms with Gasteiger partial charge < -0.3 is 10.2 Å². The van der Waals surface area contributed by atoms with Gasteiger partial charge >= 0.3 is 0 Å². The molecule has 2 aromatic rings. The van der Waals surface area contributed by atoms with Crippen LogP contribution in [0.15, 0.2) is 36.8 Å². The van der Waals surface area contributed by atoms with Gasteiger partial charge in [0.25, 0.3) is 5.91 Å². The van der Waals surface area contributed by atoms with Crippen LogP contribution in [0.3, 0.4) is 0 Å². The summed E-state index contributed by atoms with van der Waals surface area (Å²) >= 11 is 0. The van der Waals surface area contributed by atoms with Crippen molar-refractivity contribution in [3.05, 3.63) is 48.0 Å². The molecule has 2 aromatic heterocycles. The van der Waals surface area contributed by atoms with Gasteiger partial charge in [0, 0.05) is 51.1 Å². The van der Waals surface area contributed by atoms with E-state index in [4.69, 9.17) is 0 Å². The Kier molecular flexibility index (Phi) is 4.59. The third kappa shape index (κ3) is 3.02. The number of pyridine rings is 1. The van der Waals surface area contributed by atoms with Crippen molar-refractivity contribution in [1.29, 1.82) is 0 Å². The van der Waals surface area contributed by atoms with Crippen molar-refractivity contribution in [1.82, 2.24) is 25.0 Å². The van der Waals surface area contributed by atoms with Gasteiger partial charge in [0.1, 0.15) is 5.69 Å². The Morgan fingerprint density at radius 3 is 2.83 bits per heavy atom. The summed E-state index contributed by atoms with van der Waals surface area (Å²) in [5.41, 5.74) is 1.51. The standard InChI is InChI=1S/C17H21N5O2/c1-3-22-15(23)9-13(16(22)12-5-4-7-18-10-12)11-19-17(24)14-6-8-20-21(14)2/h4-8,10,13,16H,3,9,11H2,1-2H3,(H,19,24)/t13-,16-/m0/s1. The molecule has 3 heterocycles. The van der Waals surface area contributed by atoms with Gasteiger partial charge in [-0.25, -0.2) is 0 Å². The fraction of sp³-hybridized carbons (Fsp3) is 0.412. The topological polar surface area (TPSA) is 80.1 Å². The number of carbonyl (C=O) groups excluding carboxylic acids is 2. The summed E-state index contributed by atoms with van der Waals surface area (Å²) in [6.45, 7) is 3.05. The number of carbonyl (C=O) groups is 2. The third-order valence-corrected chi connectivity index (χ3v) is 4.48. The third-order valence-electron chi connectivity index (χ3n) is 4.48. The number of hydrogen-bond donors (Lipinski definition) is 1. The largest absolute Gasteiger partial charge is 0.350 e. The van der Waals surface area contributed by atoms with E-state index in [1.165, 1.54) is 4.68 Å². The highest BCUT2D eigenvalue weighted by molar-refractivity contribution is 5.92. The molecule has 1 fully saturated rings. The van der Waals surface area contributed by atoms with Crippen LogP contribution < -0.4 is 5.32 Å². The molecule has 2 amide bonds. The molecular weight excluding hydrogens is 306 g/mol. The summed E-state index contributed by atoms with van der Waals surface area (Å²) in [6.07, 6.45) is 5.53. The van der Waals surface area contributed by atoms with Crippen molar-refractivity contribution < 1.29 is 9.59 Å². The zero-order valence-corrected chi connectivity index (χ0v) is 13.8. The molecule has 0 spiro atoms. The Hall–Kier alpha value is -2.70. The zero-order chi connectivity index (χ0) is 17.1. The van der Waals surface area contributed by atoms with E-state index in [9.17, 15) is 9.59 Å². The van der Waals surface area contributed by atoms with Gasteiger partial charge in [-0.05, 0) is 24.6 Å². The highest BCUT2D eigenvalue weighted by Crippen LogP contribution is 2.37. The second-order valence-electron chi connectivity index (χ2n) is 5.93. The van der Waals surface area contributed by atoms with Crippen LogP contribution in [0.5, 0.6) is 0 Å². The second-order valence-corrected chi connectivity index (χ2v) is 5.93. The van der Waals surface area contributed by atoms with E-state index >= 15 is 0 Å². The van der Waals surface area contributed by atoms with E-state index in [2.05, 4.69) is 15.4 Å². The number of nitrogens with zero attached hydrogens (tertiary/aromatic N) is 4. The van der Waals surface area contributed by atoms with Crippen molar-refractivity contribution in [3.8, 4) is 0 Å². The lowest BCUT2D eigenvalue weighted by atomic mass is 9.94. The van der Waals surface area contributed by atoms with Crippen LogP contribution in [0.1, 0.15) is 35.4 Å². The summed E-state index contributed by atoms with van der Waals surface area (Å²) in [6, 6.07) is 5.47. The molecule has 1 saturated heterocycles. The molecule has 0 unspecified atom stereocenters. The van der Waals surface area contributed by atoms with Gasteiger partial charge in [0.15, 0.2) is 0 Å². The summed E-state index contributed by atoms with van der Waals surface area (Å²) in [5, 5.41) is 6.94. The van der Waals surface area contributed by atoms with E-state index in [1.807, 2.05) is 24.0 Å². The lowest BCUT2D eigenvalue weighted by Gasteiger charge is -2.27. The molecule has 24 heavy (non-hydrogen) atoms. The van der Waals surface area contributed by atoms with Gasteiger partial charge in [-0.15, -0.1) is 0 Å². The average molecular weight is 327 g/mol. The van der Waals surface area contributed by atoms with Crippen molar-refractivity contribution in [3.63, 3.8) is 0 Å². The quantitative estimate of drug-likeness (QED) is 0.893. The predicted molar refractivity (Wildman–Crippen MR) is 88.0 cm³/mol. The van der Waals surface area contributed by atoms with Gasteiger partial charge in [-0.3, -0.25) is 19.3 Å². The van der Waals surface area contributed by atoms with E-state index in [-0.39, 0.29) is 23.8 Å². The maximum Gasteiger partial charge on any atom is 0.269 e.